The lowest BCUT2D eigenvalue weighted by Gasteiger charge is -2.11. The number of hydrogen-bond donors (Lipinski definition) is 2. The van der Waals surface area contributed by atoms with Crippen LogP contribution in [0.2, 0.25) is 5.02 Å². The average Bonchev–Trinajstić information content (AvgIpc) is 3.45. The van der Waals surface area contributed by atoms with Crippen molar-refractivity contribution in [3.63, 3.8) is 0 Å². The number of nitrogens with zero attached hydrogens (tertiary/aromatic N) is 5. The van der Waals surface area contributed by atoms with Crippen molar-refractivity contribution in [1.82, 2.24) is 30.0 Å². The van der Waals surface area contributed by atoms with Crippen LogP contribution in [0.5, 0.6) is 0 Å². The Balaban J connectivity index is 1.51. The van der Waals surface area contributed by atoms with Gasteiger partial charge in [0.2, 0.25) is 0 Å². The van der Waals surface area contributed by atoms with Gasteiger partial charge in [-0.15, -0.1) is 0 Å². The molecule has 1 fully saturated rings. The summed E-state index contributed by atoms with van der Waals surface area (Å²) in [5.41, 5.74) is 3.61. The second-order valence-corrected chi connectivity index (χ2v) is 8.03. The molecule has 0 saturated heterocycles. The van der Waals surface area contributed by atoms with Crippen LogP contribution < -0.4 is 5.32 Å². The second-order valence-electron chi connectivity index (χ2n) is 7.60. The molecule has 4 aromatic rings. The van der Waals surface area contributed by atoms with Crippen LogP contribution in [0.4, 0.5) is 0 Å². The van der Waals surface area contributed by atoms with Gasteiger partial charge in [-0.2, -0.15) is 10.4 Å². The van der Waals surface area contributed by atoms with Crippen LogP contribution >= 0.6 is 11.6 Å². The maximum absolute atomic E-state index is 12.9. The van der Waals surface area contributed by atoms with Gasteiger partial charge in [-0.3, -0.25) is 9.48 Å². The molecule has 9 heteroatoms. The van der Waals surface area contributed by atoms with Crippen LogP contribution in [0.1, 0.15) is 29.6 Å². The van der Waals surface area contributed by atoms with Gasteiger partial charge in [0.05, 0.1) is 23.3 Å². The van der Waals surface area contributed by atoms with Gasteiger partial charge in [-0.25, -0.2) is 9.97 Å². The van der Waals surface area contributed by atoms with E-state index < -0.39 is 0 Å². The van der Waals surface area contributed by atoms with E-state index in [-0.39, 0.29) is 17.9 Å². The lowest BCUT2D eigenvalue weighted by Crippen LogP contribution is -2.32. The van der Waals surface area contributed by atoms with E-state index >= 15 is 0 Å². The van der Waals surface area contributed by atoms with Crippen molar-refractivity contribution in [2.24, 2.45) is 13.0 Å². The van der Waals surface area contributed by atoms with Crippen LogP contribution in [0.3, 0.4) is 0 Å². The third-order valence-corrected chi connectivity index (χ3v) is 5.87. The Kier molecular flexibility index (Phi) is 4.40. The van der Waals surface area contributed by atoms with Gasteiger partial charge >= 0.3 is 0 Å². The predicted octanol–water partition coefficient (Wildman–Crippen LogP) is 3.59. The quantitative estimate of drug-likeness (QED) is 0.527. The first kappa shape index (κ1) is 18.6. The molecule has 5 rings (SSSR count). The van der Waals surface area contributed by atoms with Gasteiger partial charge < -0.3 is 10.3 Å². The fourth-order valence-electron chi connectivity index (χ4n) is 4.09. The standard InChI is InChI=1S/C21H18ClN7O/c1-29-17-7-12(22)3-5-14(17)18(28-29)16-10-25-20-19(27-16)15(9-24-20)21(30)26-13-4-2-11(6-13)8-23/h3,5,7,9-11,13H,2,4,6H2,1H3,(H,24,25)(H,26,30)/t11-,13-/m1/s1. The molecule has 30 heavy (non-hydrogen) atoms. The summed E-state index contributed by atoms with van der Waals surface area (Å²) in [4.78, 5) is 25.0. The van der Waals surface area contributed by atoms with Crippen molar-refractivity contribution < 1.29 is 4.79 Å². The van der Waals surface area contributed by atoms with Crippen LogP contribution in [0.15, 0.2) is 30.6 Å². The fraction of sp³-hybridized carbons (Fsp3) is 0.286. The Hall–Kier alpha value is -3.44. The van der Waals surface area contributed by atoms with E-state index in [2.05, 4.69) is 26.5 Å². The third-order valence-electron chi connectivity index (χ3n) is 5.63. The first-order valence-corrected chi connectivity index (χ1v) is 10.1. The number of aryl methyl sites for hydroxylation is 1. The second kappa shape index (κ2) is 7.11. The summed E-state index contributed by atoms with van der Waals surface area (Å²) in [6, 6.07) is 7.86. The Morgan fingerprint density at radius 2 is 2.27 bits per heavy atom. The highest BCUT2D eigenvalue weighted by molar-refractivity contribution is 6.31. The van der Waals surface area contributed by atoms with Gasteiger partial charge in [-0.1, -0.05) is 11.6 Å². The number of aromatic amines is 1. The van der Waals surface area contributed by atoms with Crippen molar-refractivity contribution in [3.8, 4) is 17.5 Å². The molecule has 0 unspecified atom stereocenters. The highest BCUT2D eigenvalue weighted by Gasteiger charge is 2.27. The van der Waals surface area contributed by atoms with Crippen LogP contribution in [0.25, 0.3) is 33.5 Å². The van der Waals surface area contributed by atoms with E-state index in [4.69, 9.17) is 21.8 Å². The summed E-state index contributed by atoms with van der Waals surface area (Å²) in [6.45, 7) is 0. The minimum Gasteiger partial charge on any atom is -0.349 e. The molecule has 1 aliphatic carbocycles. The van der Waals surface area contributed by atoms with E-state index in [1.807, 2.05) is 25.2 Å². The Morgan fingerprint density at radius 3 is 3.07 bits per heavy atom. The highest BCUT2D eigenvalue weighted by atomic mass is 35.5. The number of amides is 1. The summed E-state index contributed by atoms with van der Waals surface area (Å²) >= 11 is 6.12. The Labute approximate surface area is 176 Å². The molecule has 1 aliphatic rings. The lowest BCUT2D eigenvalue weighted by atomic mass is 10.1. The molecule has 0 bridgehead atoms. The van der Waals surface area contributed by atoms with Crippen molar-refractivity contribution in [1.29, 1.82) is 5.26 Å². The van der Waals surface area contributed by atoms with E-state index in [0.717, 1.165) is 23.7 Å². The minimum atomic E-state index is -0.214. The number of benzene rings is 1. The number of halogens is 1. The third kappa shape index (κ3) is 3.08. The molecule has 0 radical (unpaired) electrons. The summed E-state index contributed by atoms with van der Waals surface area (Å²) in [6.07, 6.45) is 5.58. The number of carbonyl (C=O) groups excluding carboxylic acids is 1. The molecule has 1 amide bonds. The number of nitrogens with one attached hydrogen (secondary N) is 2. The molecule has 2 atom stereocenters. The van der Waals surface area contributed by atoms with E-state index in [1.54, 1.807) is 17.1 Å². The largest absolute Gasteiger partial charge is 0.349 e. The van der Waals surface area contributed by atoms with Gasteiger partial charge in [0.15, 0.2) is 5.65 Å². The number of nitriles is 1. The number of H-pyrrole nitrogens is 1. The van der Waals surface area contributed by atoms with Gasteiger partial charge in [0, 0.05) is 35.6 Å². The number of aromatic nitrogens is 5. The summed E-state index contributed by atoms with van der Waals surface area (Å²) in [7, 11) is 1.85. The summed E-state index contributed by atoms with van der Waals surface area (Å²) in [5, 5.41) is 18.2. The monoisotopic (exact) mass is 419 g/mol. The highest BCUT2D eigenvalue weighted by Crippen LogP contribution is 2.30. The average molecular weight is 420 g/mol. The zero-order valence-electron chi connectivity index (χ0n) is 16.2. The first-order chi connectivity index (χ1) is 14.5. The first-order valence-electron chi connectivity index (χ1n) is 9.70. The van der Waals surface area contributed by atoms with Crippen molar-refractivity contribution in [2.45, 2.75) is 25.3 Å². The molecule has 0 spiro atoms. The fourth-order valence-corrected chi connectivity index (χ4v) is 4.26. The molecular formula is C21H18ClN7O. The lowest BCUT2D eigenvalue weighted by molar-refractivity contribution is 0.0939. The molecular weight excluding hydrogens is 402 g/mol. The summed E-state index contributed by atoms with van der Waals surface area (Å²) in [5.74, 6) is -0.204. The number of hydrogen-bond acceptors (Lipinski definition) is 5. The number of carbonyl (C=O) groups is 1. The van der Waals surface area contributed by atoms with E-state index in [9.17, 15) is 4.79 Å². The molecule has 1 saturated carbocycles. The van der Waals surface area contributed by atoms with Crippen LogP contribution in [0, 0.1) is 17.2 Å². The molecule has 3 heterocycles. The van der Waals surface area contributed by atoms with E-state index in [0.29, 0.717) is 39.6 Å². The Bertz CT molecular complexity index is 1330. The van der Waals surface area contributed by atoms with Gasteiger partial charge in [0.1, 0.15) is 16.9 Å². The van der Waals surface area contributed by atoms with Crippen LogP contribution in [-0.4, -0.2) is 36.7 Å². The number of fused-ring (bicyclic) bond motifs is 2. The van der Waals surface area contributed by atoms with E-state index in [1.165, 1.54) is 0 Å². The maximum atomic E-state index is 12.9. The zero-order valence-corrected chi connectivity index (χ0v) is 16.9. The minimum absolute atomic E-state index is 0.00715. The maximum Gasteiger partial charge on any atom is 0.255 e. The smallest absolute Gasteiger partial charge is 0.255 e. The van der Waals surface area contributed by atoms with Crippen molar-refractivity contribution >= 4 is 39.6 Å². The summed E-state index contributed by atoms with van der Waals surface area (Å²) < 4.78 is 1.75. The Morgan fingerprint density at radius 1 is 1.40 bits per heavy atom. The molecule has 2 N–H and O–H groups in total. The molecule has 1 aromatic carbocycles. The van der Waals surface area contributed by atoms with Gasteiger partial charge in [0.25, 0.3) is 5.91 Å². The normalized spacial score (nSPS) is 18.7. The van der Waals surface area contributed by atoms with Gasteiger partial charge in [-0.05, 0) is 37.5 Å². The molecule has 150 valence electrons. The van der Waals surface area contributed by atoms with Crippen molar-refractivity contribution in [3.05, 3.63) is 41.2 Å². The van der Waals surface area contributed by atoms with Crippen LogP contribution in [-0.2, 0) is 7.05 Å². The predicted molar refractivity (Wildman–Crippen MR) is 113 cm³/mol. The topological polar surface area (TPSA) is 112 Å². The molecule has 0 aliphatic heterocycles. The van der Waals surface area contributed by atoms with Crippen molar-refractivity contribution in [2.75, 3.05) is 0 Å². The molecule has 3 aromatic heterocycles. The zero-order chi connectivity index (χ0) is 20.8. The molecule has 8 nitrogen and oxygen atoms in total. The SMILES string of the molecule is Cn1nc(-c2cnc3[nH]cc(C(=O)N[C@@H]4CC[C@@H](C#N)C4)c3n2)c2ccc(Cl)cc21. The number of rotatable bonds is 3.